The maximum Gasteiger partial charge on any atom is 0.416 e. The molecule has 0 aliphatic rings. The number of alkyl halides is 3. The first-order valence-electron chi connectivity index (χ1n) is 9.92. The number of nitrogens with one attached hydrogen (secondary N) is 1. The molecule has 0 heterocycles. The molecule has 0 fully saturated rings. The Morgan fingerprint density at radius 2 is 1.76 bits per heavy atom. The summed E-state index contributed by atoms with van der Waals surface area (Å²) in [7, 11) is -2.84. The number of anilines is 2. The molecule has 3 aromatic carbocycles. The van der Waals surface area contributed by atoms with Gasteiger partial charge in [-0.3, -0.25) is 9.10 Å². The number of nitrogens with zero attached hydrogens (tertiary/aromatic N) is 1. The fourth-order valence-corrected chi connectivity index (χ4v) is 4.60. The molecule has 0 aliphatic heterocycles. The van der Waals surface area contributed by atoms with Crippen LogP contribution in [0.25, 0.3) is 0 Å². The zero-order valence-electron chi connectivity index (χ0n) is 18.0. The van der Waals surface area contributed by atoms with Gasteiger partial charge in [-0.15, -0.1) is 6.58 Å². The summed E-state index contributed by atoms with van der Waals surface area (Å²) in [5, 5.41) is 2.65. The highest BCUT2D eigenvalue weighted by Gasteiger charge is 2.32. The molecule has 1 N–H and O–H groups in total. The summed E-state index contributed by atoms with van der Waals surface area (Å²) in [5.74, 6) is -0.0464. The molecule has 0 atom stereocenters. The summed E-state index contributed by atoms with van der Waals surface area (Å²) in [5.41, 5.74) is -0.678. The van der Waals surface area contributed by atoms with Gasteiger partial charge in [-0.1, -0.05) is 24.3 Å². The van der Waals surface area contributed by atoms with Crippen LogP contribution >= 0.6 is 0 Å². The number of sulfonamides is 1. The second kappa shape index (κ2) is 10.0. The van der Waals surface area contributed by atoms with E-state index in [1.54, 1.807) is 24.3 Å². The third-order valence-electron chi connectivity index (χ3n) is 4.77. The first-order valence-corrected chi connectivity index (χ1v) is 11.4. The number of carbonyl (C=O) groups is 1. The average Bonchev–Trinajstić information content (AvgIpc) is 2.82. The Labute approximate surface area is 195 Å². The molecule has 0 bridgehead atoms. The number of amides is 1. The molecule has 0 saturated carbocycles. The number of ether oxygens (including phenoxy) is 1. The van der Waals surface area contributed by atoms with Gasteiger partial charge in [0.1, 0.15) is 5.75 Å². The molecule has 34 heavy (non-hydrogen) atoms. The number of benzene rings is 3. The Balaban J connectivity index is 1.95. The Kier molecular flexibility index (Phi) is 7.31. The summed E-state index contributed by atoms with van der Waals surface area (Å²) in [6.45, 7) is 3.23. The van der Waals surface area contributed by atoms with Crippen LogP contribution in [0.2, 0.25) is 0 Å². The number of methoxy groups -OCH3 is 1. The van der Waals surface area contributed by atoms with Gasteiger partial charge in [0, 0.05) is 17.3 Å². The van der Waals surface area contributed by atoms with Crippen molar-refractivity contribution in [3.8, 4) is 5.75 Å². The van der Waals surface area contributed by atoms with Gasteiger partial charge in [-0.05, 0) is 48.5 Å². The van der Waals surface area contributed by atoms with E-state index in [9.17, 15) is 26.4 Å². The van der Waals surface area contributed by atoms with E-state index >= 15 is 0 Å². The summed E-state index contributed by atoms with van der Waals surface area (Å²) in [6, 6.07) is 15.8. The minimum Gasteiger partial charge on any atom is -0.497 e. The quantitative estimate of drug-likeness (QED) is 0.432. The van der Waals surface area contributed by atoms with Crippen molar-refractivity contribution in [3.63, 3.8) is 0 Å². The van der Waals surface area contributed by atoms with Crippen molar-refractivity contribution < 1.29 is 31.1 Å². The van der Waals surface area contributed by atoms with E-state index in [-0.39, 0.29) is 22.7 Å². The molecular formula is C24H21F3N2O4S. The predicted octanol–water partition coefficient (Wildman–Crippen LogP) is 5.35. The lowest BCUT2D eigenvalue weighted by Gasteiger charge is -2.24. The molecule has 6 nitrogen and oxygen atoms in total. The van der Waals surface area contributed by atoms with Gasteiger partial charge in [0.25, 0.3) is 15.9 Å². The van der Waals surface area contributed by atoms with Crippen molar-refractivity contribution in [2.75, 3.05) is 23.3 Å². The normalized spacial score (nSPS) is 11.5. The highest BCUT2D eigenvalue weighted by Crippen LogP contribution is 2.33. The van der Waals surface area contributed by atoms with Gasteiger partial charge in [0.05, 0.1) is 29.8 Å². The Hall–Kier alpha value is -3.79. The molecular weight excluding hydrogens is 469 g/mol. The molecule has 0 unspecified atom stereocenters. The van der Waals surface area contributed by atoms with E-state index in [2.05, 4.69) is 11.9 Å². The third kappa shape index (κ3) is 5.57. The molecule has 0 aliphatic carbocycles. The van der Waals surface area contributed by atoms with Gasteiger partial charge in [-0.25, -0.2) is 8.42 Å². The molecule has 0 saturated heterocycles. The van der Waals surface area contributed by atoms with Crippen LogP contribution in [-0.4, -0.2) is 28.0 Å². The van der Waals surface area contributed by atoms with Crippen molar-refractivity contribution in [3.05, 3.63) is 96.6 Å². The molecule has 0 radical (unpaired) electrons. The fourth-order valence-electron chi connectivity index (χ4n) is 3.13. The van der Waals surface area contributed by atoms with E-state index in [0.29, 0.717) is 11.4 Å². The van der Waals surface area contributed by atoms with Crippen LogP contribution in [0.1, 0.15) is 15.9 Å². The monoisotopic (exact) mass is 490 g/mol. The van der Waals surface area contributed by atoms with Crippen LogP contribution in [0, 0.1) is 0 Å². The maximum atomic E-state index is 13.3. The highest BCUT2D eigenvalue weighted by atomic mass is 32.2. The topological polar surface area (TPSA) is 75.7 Å². The maximum absolute atomic E-state index is 13.3. The lowest BCUT2D eigenvalue weighted by molar-refractivity contribution is -0.137. The molecule has 178 valence electrons. The highest BCUT2D eigenvalue weighted by molar-refractivity contribution is 7.92. The minimum atomic E-state index is -4.64. The number of hydrogen-bond acceptors (Lipinski definition) is 4. The predicted molar refractivity (Wildman–Crippen MR) is 124 cm³/mol. The van der Waals surface area contributed by atoms with Crippen LogP contribution in [0.5, 0.6) is 5.75 Å². The lowest BCUT2D eigenvalue weighted by Crippen LogP contribution is -2.31. The van der Waals surface area contributed by atoms with E-state index in [1.165, 1.54) is 37.5 Å². The summed E-state index contributed by atoms with van der Waals surface area (Å²) in [4.78, 5) is 12.5. The minimum absolute atomic E-state index is 0.0477. The van der Waals surface area contributed by atoms with Crippen molar-refractivity contribution >= 4 is 27.3 Å². The number of hydrogen-bond donors (Lipinski definition) is 1. The first kappa shape index (κ1) is 24.8. The second-order valence-corrected chi connectivity index (χ2v) is 8.95. The van der Waals surface area contributed by atoms with Gasteiger partial charge >= 0.3 is 6.18 Å². The molecule has 10 heteroatoms. The zero-order chi connectivity index (χ0) is 24.9. The average molecular weight is 491 g/mol. The van der Waals surface area contributed by atoms with Crippen LogP contribution < -0.4 is 14.4 Å². The van der Waals surface area contributed by atoms with E-state index in [1.807, 2.05) is 0 Å². The van der Waals surface area contributed by atoms with Crippen LogP contribution in [0.15, 0.2) is 90.3 Å². The SMILES string of the molecule is C=CCN(c1cccc(C(F)(F)F)c1)S(=O)(=O)c1cccc(C(=O)Nc2cccc(OC)c2)c1. The summed E-state index contributed by atoms with van der Waals surface area (Å²) in [6.07, 6.45) is -3.38. The fraction of sp³-hybridized carbons (Fsp3) is 0.125. The second-order valence-electron chi connectivity index (χ2n) is 7.09. The lowest BCUT2D eigenvalue weighted by atomic mass is 10.2. The largest absolute Gasteiger partial charge is 0.497 e. The van der Waals surface area contributed by atoms with E-state index in [0.717, 1.165) is 28.6 Å². The third-order valence-corrected chi connectivity index (χ3v) is 6.56. The Morgan fingerprint density at radius 1 is 1.06 bits per heavy atom. The van der Waals surface area contributed by atoms with Gasteiger partial charge in [0.2, 0.25) is 0 Å². The van der Waals surface area contributed by atoms with Gasteiger partial charge in [-0.2, -0.15) is 13.2 Å². The molecule has 3 aromatic rings. The number of halogens is 3. The first-order chi connectivity index (χ1) is 16.1. The molecule has 0 aromatic heterocycles. The number of rotatable bonds is 8. The molecule has 3 rings (SSSR count). The molecule has 0 spiro atoms. The van der Waals surface area contributed by atoms with Crippen molar-refractivity contribution in [2.45, 2.75) is 11.1 Å². The van der Waals surface area contributed by atoms with Crippen molar-refractivity contribution in [1.29, 1.82) is 0 Å². The zero-order valence-corrected chi connectivity index (χ0v) is 18.9. The summed E-state index contributed by atoms with van der Waals surface area (Å²) >= 11 is 0. The van der Waals surface area contributed by atoms with Crippen molar-refractivity contribution in [1.82, 2.24) is 0 Å². The summed E-state index contributed by atoms with van der Waals surface area (Å²) < 4.78 is 72.1. The van der Waals surface area contributed by atoms with Gasteiger partial charge < -0.3 is 10.1 Å². The Bertz CT molecular complexity index is 1310. The standard InChI is InChI=1S/C24H21F3N2O4S/c1-3-13-29(20-10-5-8-18(15-20)24(25,26)27)34(31,32)22-12-4-7-17(14-22)23(30)28-19-9-6-11-21(16-19)33-2/h3-12,14-16H,1,13H2,2H3,(H,28,30). The van der Waals surface area contributed by atoms with Crippen LogP contribution in [-0.2, 0) is 16.2 Å². The van der Waals surface area contributed by atoms with E-state index < -0.39 is 27.7 Å². The Morgan fingerprint density at radius 3 is 2.44 bits per heavy atom. The van der Waals surface area contributed by atoms with Gasteiger partial charge in [0.15, 0.2) is 0 Å². The molecule has 1 amide bonds. The van der Waals surface area contributed by atoms with E-state index in [4.69, 9.17) is 4.74 Å². The van der Waals surface area contributed by atoms with Crippen LogP contribution in [0.3, 0.4) is 0 Å². The number of carbonyl (C=O) groups excluding carboxylic acids is 1. The van der Waals surface area contributed by atoms with Crippen LogP contribution in [0.4, 0.5) is 24.5 Å². The van der Waals surface area contributed by atoms with Crippen molar-refractivity contribution in [2.24, 2.45) is 0 Å². The smallest absolute Gasteiger partial charge is 0.416 e.